The van der Waals surface area contributed by atoms with Gasteiger partial charge in [0, 0.05) is 12.3 Å². The maximum atomic E-state index is 10.9. The lowest BCUT2D eigenvalue weighted by molar-refractivity contribution is -0.385. The number of anilines is 1. The average molecular weight is 287 g/mol. The zero-order valence-electron chi connectivity index (χ0n) is 9.64. The zero-order valence-corrected chi connectivity index (χ0v) is 11.2. The molecule has 18 heavy (non-hydrogen) atoms. The lowest BCUT2D eigenvalue weighted by Gasteiger charge is -2.07. The molecule has 8 heteroatoms. The molecule has 0 spiro atoms. The van der Waals surface area contributed by atoms with Crippen LogP contribution in [0.1, 0.15) is 5.69 Å². The molecule has 1 aromatic heterocycles. The van der Waals surface area contributed by atoms with E-state index in [1.807, 2.05) is 0 Å². The molecule has 0 aliphatic heterocycles. The van der Waals surface area contributed by atoms with Gasteiger partial charge in [-0.2, -0.15) is 4.98 Å². The van der Waals surface area contributed by atoms with Crippen LogP contribution in [-0.2, 0) is 0 Å². The standard InChI is InChI=1S/C10H11ClN4O2S/c1-3-5-18-6-4-12-9-8(15(16)17)7(2)13-10(11)14-9/h1H,4-6H2,2H3,(H,12,13,14). The van der Waals surface area contributed by atoms with Crippen LogP contribution in [0.3, 0.4) is 0 Å². The second kappa shape index (κ2) is 7.03. The van der Waals surface area contributed by atoms with Gasteiger partial charge in [0.2, 0.25) is 11.1 Å². The van der Waals surface area contributed by atoms with E-state index in [0.717, 1.165) is 5.75 Å². The number of terminal acetylenes is 1. The van der Waals surface area contributed by atoms with Crippen molar-refractivity contribution >= 4 is 34.9 Å². The molecule has 0 unspecified atom stereocenters. The minimum atomic E-state index is -0.525. The molecule has 1 N–H and O–H groups in total. The van der Waals surface area contributed by atoms with E-state index >= 15 is 0 Å². The highest BCUT2D eigenvalue weighted by Crippen LogP contribution is 2.26. The van der Waals surface area contributed by atoms with Crippen molar-refractivity contribution in [2.75, 3.05) is 23.4 Å². The third-order valence-electron chi connectivity index (χ3n) is 1.94. The van der Waals surface area contributed by atoms with Crippen LogP contribution in [0.2, 0.25) is 5.28 Å². The Labute approximate surface area is 114 Å². The summed E-state index contributed by atoms with van der Waals surface area (Å²) in [7, 11) is 0. The molecule has 0 aliphatic rings. The van der Waals surface area contributed by atoms with E-state index in [2.05, 4.69) is 21.2 Å². The van der Waals surface area contributed by atoms with Crippen LogP contribution in [0.4, 0.5) is 11.5 Å². The lowest BCUT2D eigenvalue weighted by atomic mass is 10.3. The Morgan fingerprint density at radius 2 is 2.33 bits per heavy atom. The minimum Gasteiger partial charge on any atom is -0.363 e. The fraction of sp³-hybridized carbons (Fsp3) is 0.400. The molecular weight excluding hydrogens is 276 g/mol. The fourth-order valence-corrected chi connectivity index (χ4v) is 1.97. The third kappa shape index (κ3) is 4.05. The number of rotatable bonds is 6. The zero-order chi connectivity index (χ0) is 13.5. The summed E-state index contributed by atoms with van der Waals surface area (Å²) in [6.45, 7) is 2.03. The molecule has 0 saturated heterocycles. The molecule has 0 atom stereocenters. The average Bonchev–Trinajstić information content (AvgIpc) is 2.27. The Hall–Kier alpha value is -1.52. The summed E-state index contributed by atoms with van der Waals surface area (Å²) < 4.78 is 0. The van der Waals surface area contributed by atoms with E-state index in [0.29, 0.717) is 12.3 Å². The van der Waals surface area contributed by atoms with Crippen LogP contribution in [0, 0.1) is 29.4 Å². The van der Waals surface area contributed by atoms with Gasteiger partial charge in [-0.15, -0.1) is 18.2 Å². The highest BCUT2D eigenvalue weighted by atomic mass is 35.5. The molecule has 0 aliphatic carbocycles. The molecule has 6 nitrogen and oxygen atoms in total. The number of thioether (sulfide) groups is 1. The van der Waals surface area contributed by atoms with Gasteiger partial charge in [0.1, 0.15) is 5.69 Å². The number of nitro groups is 1. The number of halogens is 1. The Balaban J connectivity index is 2.75. The Kier molecular flexibility index (Phi) is 5.68. The van der Waals surface area contributed by atoms with Gasteiger partial charge in [-0.05, 0) is 18.5 Å². The van der Waals surface area contributed by atoms with Gasteiger partial charge in [0.25, 0.3) is 0 Å². The van der Waals surface area contributed by atoms with Crippen molar-refractivity contribution in [3.05, 3.63) is 21.1 Å². The van der Waals surface area contributed by atoms with Gasteiger partial charge in [-0.1, -0.05) is 5.92 Å². The molecule has 0 saturated carbocycles. The highest BCUT2D eigenvalue weighted by Gasteiger charge is 2.21. The normalized spacial score (nSPS) is 9.83. The quantitative estimate of drug-likeness (QED) is 0.284. The van der Waals surface area contributed by atoms with E-state index in [1.165, 1.54) is 6.92 Å². The summed E-state index contributed by atoms with van der Waals surface area (Å²) in [5.74, 6) is 3.96. The van der Waals surface area contributed by atoms with E-state index < -0.39 is 4.92 Å². The topological polar surface area (TPSA) is 81.0 Å². The van der Waals surface area contributed by atoms with E-state index in [9.17, 15) is 10.1 Å². The van der Waals surface area contributed by atoms with Crippen molar-refractivity contribution < 1.29 is 4.92 Å². The summed E-state index contributed by atoms with van der Waals surface area (Å²) in [5, 5.41) is 13.8. The van der Waals surface area contributed by atoms with Gasteiger partial charge in [0.05, 0.1) is 10.7 Å². The minimum absolute atomic E-state index is 0.0168. The molecule has 0 bridgehead atoms. The first kappa shape index (κ1) is 14.5. The maximum absolute atomic E-state index is 10.9. The largest absolute Gasteiger partial charge is 0.363 e. The van der Waals surface area contributed by atoms with Crippen molar-refractivity contribution in [2.24, 2.45) is 0 Å². The predicted octanol–water partition coefficient (Wildman–Crippen LogP) is 2.12. The predicted molar refractivity (Wildman–Crippen MR) is 73.1 cm³/mol. The van der Waals surface area contributed by atoms with Crippen LogP contribution < -0.4 is 5.32 Å². The molecule has 1 rings (SSSR count). The molecule has 0 amide bonds. The number of nitrogens with one attached hydrogen (secondary N) is 1. The monoisotopic (exact) mass is 286 g/mol. The molecule has 0 radical (unpaired) electrons. The lowest BCUT2D eigenvalue weighted by Crippen LogP contribution is -2.10. The van der Waals surface area contributed by atoms with Gasteiger partial charge in [0.15, 0.2) is 0 Å². The van der Waals surface area contributed by atoms with Crippen molar-refractivity contribution in [3.63, 3.8) is 0 Å². The summed E-state index contributed by atoms with van der Waals surface area (Å²) in [6, 6.07) is 0. The highest BCUT2D eigenvalue weighted by molar-refractivity contribution is 7.99. The molecule has 0 fully saturated rings. The van der Waals surface area contributed by atoms with Crippen LogP contribution in [-0.4, -0.2) is 32.9 Å². The molecular formula is C10H11ClN4O2S. The number of hydrogen-bond donors (Lipinski definition) is 1. The number of aromatic nitrogens is 2. The summed E-state index contributed by atoms with van der Waals surface area (Å²) >= 11 is 7.22. The van der Waals surface area contributed by atoms with E-state index in [4.69, 9.17) is 18.0 Å². The SMILES string of the molecule is C#CCSCCNc1nc(Cl)nc(C)c1[N+](=O)[O-]. The second-order valence-corrected chi connectivity index (χ2v) is 4.66. The van der Waals surface area contributed by atoms with E-state index in [1.54, 1.807) is 11.8 Å². The van der Waals surface area contributed by atoms with Gasteiger partial charge in [-0.25, -0.2) is 4.98 Å². The van der Waals surface area contributed by atoms with Crippen LogP contribution >= 0.6 is 23.4 Å². The fourth-order valence-electron chi connectivity index (χ4n) is 1.25. The number of aryl methyl sites for hydroxylation is 1. The van der Waals surface area contributed by atoms with Gasteiger partial charge >= 0.3 is 5.69 Å². The van der Waals surface area contributed by atoms with Crippen molar-refractivity contribution in [1.29, 1.82) is 0 Å². The molecule has 1 aromatic rings. The second-order valence-electron chi connectivity index (χ2n) is 3.22. The van der Waals surface area contributed by atoms with Gasteiger partial charge in [-0.3, -0.25) is 10.1 Å². The van der Waals surface area contributed by atoms with Crippen molar-refractivity contribution in [1.82, 2.24) is 9.97 Å². The van der Waals surface area contributed by atoms with Crippen LogP contribution in [0.15, 0.2) is 0 Å². The van der Waals surface area contributed by atoms with E-state index in [-0.39, 0.29) is 22.5 Å². The first-order chi connectivity index (χ1) is 8.56. The van der Waals surface area contributed by atoms with Crippen LogP contribution in [0.25, 0.3) is 0 Å². The smallest absolute Gasteiger partial charge is 0.332 e. The number of nitrogens with zero attached hydrogens (tertiary/aromatic N) is 3. The van der Waals surface area contributed by atoms with Gasteiger partial charge < -0.3 is 5.32 Å². The van der Waals surface area contributed by atoms with Crippen LogP contribution in [0.5, 0.6) is 0 Å². The Morgan fingerprint density at radius 1 is 1.61 bits per heavy atom. The van der Waals surface area contributed by atoms with Crippen molar-refractivity contribution in [2.45, 2.75) is 6.92 Å². The summed E-state index contributed by atoms with van der Waals surface area (Å²) in [5.41, 5.74) is 0.0835. The maximum Gasteiger partial charge on any atom is 0.332 e. The summed E-state index contributed by atoms with van der Waals surface area (Å²) in [4.78, 5) is 18.0. The number of hydrogen-bond acceptors (Lipinski definition) is 6. The van der Waals surface area contributed by atoms with Crippen molar-refractivity contribution in [3.8, 4) is 12.3 Å². The first-order valence-electron chi connectivity index (χ1n) is 5.00. The Morgan fingerprint density at radius 3 is 2.94 bits per heavy atom. The molecule has 0 aromatic carbocycles. The molecule has 96 valence electrons. The Bertz CT molecular complexity index is 490. The summed E-state index contributed by atoms with van der Waals surface area (Å²) in [6.07, 6.45) is 5.11. The third-order valence-corrected chi connectivity index (χ3v) is 2.97. The first-order valence-corrected chi connectivity index (χ1v) is 6.53. The molecule has 1 heterocycles.